The van der Waals surface area contributed by atoms with Gasteiger partial charge in [0.1, 0.15) is 5.82 Å². The molecule has 0 aliphatic carbocycles. The number of hydrogen-bond donors (Lipinski definition) is 1. The zero-order chi connectivity index (χ0) is 15.5. The van der Waals surface area contributed by atoms with Gasteiger partial charge in [-0.05, 0) is 30.3 Å². The highest BCUT2D eigenvalue weighted by Crippen LogP contribution is 2.21. The number of benzene rings is 2. The van der Waals surface area contributed by atoms with Gasteiger partial charge in [-0.25, -0.2) is 4.39 Å². The van der Waals surface area contributed by atoms with E-state index >= 15 is 0 Å². The molecule has 0 unspecified atom stereocenters. The van der Waals surface area contributed by atoms with Crippen molar-refractivity contribution in [1.82, 2.24) is 10.2 Å². The van der Waals surface area contributed by atoms with Crippen molar-refractivity contribution < 1.29 is 13.6 Å². The van der Waals surface area contributed by atoms with Gasteiger partial charge in [-0.3, -0.25) is 4.79 Å². The van der Waals surface area contributed by atoms with E-state index in [-0.39, 0.29) is 17.3 Å². The van der Waals surface area contributed by atoms with Crippen molar-refractivity contribution >= 4 is 27.5 Å². The number of carbonyl (C=O) groups is 1. The van der Waals surface area contributed by atoms with Crippen LogP contribution in [0.1, 0.15) is 10.7 Å². The Morgan fingerprint density at radius 3 is 2.73 bits per heavy atom. The number of nitrogens with one attached hydrogen (secondary N) is 1. The van der Waals surface area contributed by atoms with E-state index in [1.54, 1.807) is 30.3 Å². The molecular formula is C15H9BrFN3O2. The van der Waals surface area contributed by atoms with E-state index in [1.807, 2.05) is 6.07 Å². The molecule has 0 saturated carbocycles. The standard InChI is InChI=1S/C15H9BrFN3O2/c16-9-4-3-5-10(8-9)18-13(21)15-20-19-14(22-15)11-6-1-2-7-12(11)17/h1-8H,(H,18,21). The maximum atomic E-state index is 13.6. The molecule has 1 heterocycles. The Morgan fingerprint density at radius 1 is 1.14 bits per heavy atom. The molecule has 0 fully saturated rings. The first-order valence-electron chi connectivity index (χ1n) is 6.29. The Morgan fingerprint density at radius 2 is 1.95 bits per heavy atom. The maximum Gasteiger partial charge on any atom is 0.313 e. The van der Waals surface area contributed by atoms with Gasteiger partial charge in [-0.15, -0.1) is 10.2 Å². The van der Waals surface area contributed by atoms with E-state index in [2.05, 4.69) is 31.4 Å². The minimum absolute atomic E-state index is 0.0440. The summed E-state index contributed by atoms with van der Waals surface area (Å²) in [7, 11) is 0. The van der Waals surface area contributed by atoms with E-state index in [0.29, 0.717) is 5.69 Å². The molecule has 110 valence electrons. The highest BCUT2D eigenvalue weighted by Gasteiger charge is 2.17. The molecule has 0 bridgehead atoms. The maximum absolute atomic E-state index is 13.6. The van der Waals surface area contributed by atoms with Gasteiger partial charge in [-0.2, -0.15) is 0 Å². The molecule has 3 aromatic rings. The second kappa shape index (κ2) is 6.07. The van der Waals surface area contributed by atoms with Gasteiger partial charge in [0.05, 0.1) is 5.56 Å². The third-order valence-electron chi connectivity index (χ3n) is 2.81. The minimum atomic E-state index is -0.562. The largest absolute Gasteiger partial charge is 0.412 e. The number of halogens is 2. The third-order valence-corrected chi connectivity index (χ3v) is 3.30. The molecule has 1 amide bonds. The van der Waals surface area contributed by atoms with Gasteiger partial charge in [0.2, 0.25) is 0 Å². The number of hydrogen-bond acceptors (Lipinski definition) is 4. The smallest absolute Gasteiger partial charge is 0.313 e. The monoisotopic (exact) mass is 361 g/mol. The van der Waals surface area contributed by atoms with Crippen LogP contribution in [0.25, 0.3) is 11.5 Å². The van der Waals surface area contributed by atoms with Gasteiger partial charge >= 0.3 is 11.8 Å². The lowest BCUT2D eigenvalue weighted by Crippen LogP contribution is -2.12. The predicted octanol–water partition coefficient (Wildman–Crippen LogP) is 3.89. The molecule has 2 aromatic carbocycles. The molecule has 7 heteroatoms. The molecule has 1 N–H and O–H groups in total. The Balaban J connectivity index is 1.82. The summed E-state index contributed by atoms with van der Waals surface area (Å²) in [6, 6.07) is 13.0. The van der Waals surface area contributed by atoms with Crippen LogP contribution in [-0.2, 0) is 0 Å². The quantitative estimate of drug-likeness (QED) is 0.768. The zero-order valence-electron chi connectivity index (χ0n) is 11.1. The van der Waals surface area contributed by atoms with Crippen molar-refractivity contribution in [2.75, 3.05) is 5.32 Å². The highest BCUT2D eigenvalue weighted by molar-refractivity contribution is 9.10. The van der Waals surface area contributed by atoms with Crippen LogP contribution >= 0.6 is 15.9 Å². The van der Waals surface area contributed by atoms with E-state index in [4.69, 9.17) is 4.42 Å². The fraction of sp³-hybridized carbons (Fsp3) is 0. The van der Waals surface area contributed by atoms with Crippen molar-refractivity contribution in [3.63, 3.8) is 0 Å². The first kappa shape index (κ1) is 14.4. The Bertz CT molecular complexity index is 835. The Kier molecular flexibility index (Phi) is 3.97. The number of anilines is 1. The summed E-state index contributed by atoms with van der Waals surface area (Å²) in [6.07, 6.45) is 0. The molecule has 0 radical (unpaired) electrons. The number of rotatable bonds is 3. The fourth-order valence-corrected chi connectivity index (χ4v) is 2.21. The van der Waals surface area contributed by atoms with Crippen LogP contribution < -0.4 is 5.32 Å². The SMILES string of the molecule is O=C(Nc1cccc(Br)c1)c1nnc(-c2ccccc2F)o1. The van der Waals surface area contributed by atoms with E-state index in [9.17, 15) is 9.18 Å². The molecular weight excluding hydrogens is 353 g/mol. The van der Waals surface area contributed by atoms with Crippen molar-refractivity contribution in [2.24, 2.45) is 0 Å². The van der Waals surface area contributed by atoms with Crippen molar-refractivity contribution in [3.05, 3.63) is 64.7 Å². The van der Waals surface area contributed by atoms with E-state index in [0.717, 1.165) is 4.47 Å². The average Bonchev–Trinajstić information content (AvgIpc) is 2.97. The fourth-order valence-electron chi connectivity index (χ4n) is 1.81. The molecule has 22 heavy (non-hydrogen) atoms. The van der Waals surface area contributed by atoms with Crippen LogP contribution in [0.15, 0.2) is 57.4 Å². The van der Waals surface area contributed by atoms with Crippen LogP contribution in [0.2, 0.25) is 0 Å². The third kappa shape index (κ3) is 3.04. The zero-order valence-corrected chi connectivity index (χ0v) is 12.7. The lowest BCUT2D eigenvalue weighted by molar-refractivity contribution is 0.0991. The van der Waals surface area contributed by atoms with Crippen LogP contribution in [0, 0.1) is 5.82 Å². The number of carbonyl (C=O) groups excluding carboxylic acids is 1. The second-order valence-electron chi connectivity index (χ2n) is 4.36. The normalized spacial score (nSPS) is 10.5. The summed E-state index contributed by atoms with van der Waals surface area (Å²) in [5, 5.41) is 9.97. The molecule has 0 atom stereocenters. The molecule has 0 spiro atoms. The first-order chi connectivity index (χ1) is 10.6. The van der Waals surface area contributed by atoms with Crippen molar-refractivity contribution in [3.8, 4) is 11.5 Å². The first-order valence-corrected chi connectivity index (χ1v) is 7.08. The molecule has 1 aromatic heterocycles. The van der Waals surface area contributed by atoms with Gasteiger partial charge in [0.25, 0.3) is 5.89 Å². The molecule has 0 aliphatic rings. The summed E-state index contributed by atoms with van der Waals surface area (Å²) >= 11 is 3.31. The van der Waals surface area contributed by atoms with Gasteiger partial charge in [0, 0.05) is 10.2 Å². The topological polar surface area (TPSA) is 68.0 Å². The molecule has 0 saturated heterocycles. The Hall–Kier alpha value is -2.54. The van der Waals surface area contributed by atoms with Crippen LogP contribution in [-0.4, -0.2) is 16.1 Å². The Labute approximate surface area is 133 Å². The van der Waals surface area contributed by atoms with Crippen LogP contribution in [0.5, 0.6) is 0 Å². The molecule has 5 nitrogen and oxygen atoms in total. The van der Waals surface area contributed by atoms with Gasteiger partial charge in [-0.1, -0.05) is 34.1 Å². The second-order valence-corrected chi connectivity index (χ2v) is 5.27. The molecule has 0 aliphatic heterocycles. The average molecular weight is 362 g/mol. The molecule has 3 rings (SSSR count). The summed E-state index contributed by atoms with van der Waals surface area (Å²) < 4.78 is 19.7. The summed E-state index contributed by atoms with van der Waals surface area (Å²) in [6.45, 7) is 0. The number of amides is 1. The lowest BCUT2D eigenvalue weighted by Gasteiger charge is -2.02. The van der Waals surface area contributed by atoms with Crippen molar-refractivity contribution in [1.29, 1.82) is 0 Å². The summed E-state index contributed by atoms with van der Waals surface area (Å²) in [4.78, 5) is 12.0. The van der Waals surface area contributed by atoms with Gasteiger partial charge < -0.3 is 9.73 Å². The van der Waals surface area contributed by atoms with Crippen LogP contribution in [0.4, 0.5) is 10.1 Å². The summed E-state index contributed by atoms with van der Waals surface area (Å²) in [5.74, 6) is -1.34. The van der Waals surface area contributed by atoms with E-state index < -0.39 is 11.7 Å². The minimum Gasteiger partial charge on any atom is -0.412 e. The number of nitrogens with zero attached hydrogens (tertiary/aromatic N) is 2. The van der Waals surface area contributed by atoms with Crippen LogP contribution in [0.3, 0.4) is 0 Å². The predicted molar refractivity (Wildman–Crippen MR) is 81.8 cm³/mol. The number of aromatic nitrogens is 2. The lowest BCUT2D eigenvalue weighted by atomic mass is 10.2. The highest BCUT2D eigenvalue weighted by atomic mass is 79.9. The van der Waals surface area contributed by atoms with Gasteiger partial charge in [0.15, 0.2) is 0 Å². The van der Waals surface area contributed by atoms with Crippen molar-refractivity contribution in [2.45, 2.75) is 0 Å². The van der Waals surface area contributed by atoms with E-state index in [1.165, 1.54) is 12.1 Å². The summed E-state index contributed by atoms with van der Waals surface area (Å²) in [5.41, 5.74) is 0.724.